The minimum Gasteiger partial charge on any atom is -0.454 e. The van der Waals surface area contributed by atoms with Crippen LogP contribution in [0.2, 0.25) is 0 Å². The van der Waals surface area contributed by atoms with Gasteiger partial charge in [-0.05, 0) is 72.9 Å². The highest BCUT2D eigenvalue weighted by molar-refractivity contribution is 7.89. The van der Waals surface area contributed by atoms with Gasteiger partial charge in [-0.25, -0.2) is 21.6 Å². The minimum atomic E-state index is -4.21. The predicted molar refractivity (Wildman–Crippen MR) is 153 cm³/mol. The average Bonchev–Trinajstić information content (AvgIpc) is 3.42. The molecule has 0 aromatic heterocycles. The summed E-state index contributed by atoms with van der Waals surface area (Å²) < 4.78 is 68.3. The summed E-state index contributed by atoms with van der Waals surface area (Å²) in [6.45, 7) is 1.52. The molecule has 2 atom stereocenters. The Morgan fingerprint density at radius 3 is 2.29 bits per heavy atom. The number of carbonyl (C=O) groups is 1. The molecule has 1 aliphatic carbocycles. The fourth-order valence-electron chi connectivity index (χ4n) is 5.05. The highest BCUT2D eigenvalue weighted by atomic mass is 32.2. The molecule has 2 N–H and O–H groups in total. The van der Waals surface area contributed by atoms with Gasteiger partial charge in [0.05, 0.1) is 16.3 Å². The number of anilines is 1. The van der Waals surface area contributed by atoms with Crippen molar-refractivity contribution in [2.45, 2.75) is 55.0 Å². The molecule has 12 heteroatoms. The monoisotopic (exact) mass is 599 g/mol. The molecular weight excluding hydrogens is 566 g/mol. The molecule has 5 rings (SSSR count). The average molecular weight is 600 g/mol. The standard InChI is InChI=1S/C29H33N3O7S2/c1-21-7-5-6-10-26(21)31-40(34,35)24-12-14-25(15-13-24)41(36,37)32(19-29(33)30-23-8-3-2-4-9-23)18-22-11-16-27-28(17-22)39-20-38-27/h2-4,8-9,11-17,21,26,31H,5-7,10,18-20H2,1H3,(H,30,33)/t21-,26+/m0/s1. The van der Waals surface area contributed by atoms with Crippen molar-refractivity contribution in [2.24, 2.45) is 5.92 Å². The van der Waals surface area contributed by atoms with E-state index in [1.54, 1.807) is 48.5 Å². The maximum atomic E-state index is 13.8. The Morgan fingerprint density at radius 1 is 0.878 bits per heavy atom. The van der Waals surface area contributed by atoms with Crippen LogP contribution in [0.4, 0.5) is 5.69 Å². The van der Waals surface area contributed by atoms with E-state index in [2.05, 4.69) is 10.0 Å². The van der Waals surface area contributed by atoms with Crippen LogP contribution in [0.5, 0.6) is 11.5 Å². The van der Waals surface area contributed by atoms with Crippen molar-refractivity contribution < 1.29 is 31.1 Å². The lowest BCUT2D eigenvalue weighted by Crippen LogP contribution is -2.41. The van der Waals surface area contributed by atoms with Crippen LogP contribution >= 0.6 is 0 Å². The van der Waals surface area contributed by atoms with Gasteiger partial charge < -0.3 is 14.8 Å². The molecule has 0 radical (unpaired) electrons. The van der Waals surface area contributed by atoms with Gasteiger partial charge in [0.25, 0.3) is 0 Å². The second-order valence-electron chi connectivity index (χ2n) is 10.3. The quantitative estimate of drug-likeness (QED) is 0.359. The summed E-state index contributed by atoms with van der Waals surface area (Å²) in [6.07, 6.45) is 3.78. The molecular formula is C29H33N3O7S2. The van der Waals surface area contributed by atoms with Gasteiger partial charge in [0.15, 0.2) is 11.5 Å². The number of nitrogens with one attached hydrogen (secondary N) is 2. The number of benzene rings is 3. The molecule has 1 saturated carbocycles. The fourth-order valence-corrected chi connectivity index (χ4v) is 7.81. The first-order valence-electron chi connectivity index (χ1n) is 13.5. The van der Waals surface area contributed by atoms with Gasteiger partial charge in [-0.3, -0.25) is 4.79 Å². The zero-order valence-corrected chi connectivity index (χ0v) is 24.3. The van der Waals surface area contributed by atoms with Crippen molar-refractivity contribution in [3.63, 3.8) is 0 Å². The lowest BCUT2D eigenvalue weighted by molar-refractivity contribution is -0.116. The van der Waals surface area contributed by atoms with Gasteiger partial charge in [-0.1, -0.05) is 44.0 Å². The third-order valence-corrected chi connectivity index (χ3v) is 10.7. The molecule has 41 heavy (non-hydrogen) atoms. The van der Waals surface area contributed by atoms with Crippen molar-refractivity contribution >= 4 is 31.6 Å². The van der Waals surface area contributed by atoms with Crippen LogP contribution < -0.4 is 19.5 Å². The Bertz CT molecular complexity index is 1600. The number of para-hydroxylation sites is 1. The highest BCUT2D eigenvalue weighted by Crippen LogP contribution is 2.33. The Hall–Kier alpha value is -3.45. The summed E-state index contributed by atoms with van der Waals surface area (Å²) in [7, 11) is -8.05. The molecule has 1 heterocycles. The molecule has 218 valence electrons. The number of hydrogen-bond acceptors (Lipinski definition) is 7. The van der Waals surface area contributed by atoms with Crippen molar-refractivity contribution in [2.75, 3.05) is 18.7 Å². The Labute approximate surface area is 240 Å². The first-order chi connectivity index (χ1) is 19.6. The van der Waals surface area contributed by atoms with Gasteiger partial charge in [0.2, 0.25) is 32.7 Å². The predicted octanol–water partition coefficient (Wildman–Crippen LogP) is 4.10. The zero-order chi connectivity index (χ0) is 29.0. The van der Waals surface area contributed by atoms with Crippen LogP contribution in [-0.4, -0.2) is 46.4 Å². The van der Waals surface area contributed by atoms with E-state index in [0.717, 1.165) is 30.0 Å². The SMILES string of the molecule is C[C@H]1CCCC[C@H]1NS(=O)(=O)c1ccc(S(=O)(=O)N(CC(=O)Nc2ccccc2)Cc2ccc3c(c2)OCO3)cc1. The second kappa shape index (κ2) is 12.2. The first-order valence-corrected chi connectivity index (χ1v) is 16.4. The molecule has 3 aromatic carbocycles. The molecule has 0 bridgehead atoms. The third kappa shape index (κ3) is 6.89. The van der Waals surface area contributed by atoms with Gasteiger partial charge in [-0.2, -0.15) is 4.31 Å². The first kappa shape index (κ1) is 29.1. The minimum absolute atomic E-state index is 0.0154. The topological polar surface area (TPSA) is 131 Å². The summed E-state index contributed by atoms with van der Waals surface area (Å²) in [5.74, 6) is 0.747. The maximum Gasteiger partial charge on any atom is 0.243 e. The number of carbonyl (C=O) groups excluding carboxylic acids is 1. The molecule has 1 fully saturated rings. The van der Waals surface area contributed by atoms with Gasteiger partial charge in [0.1, 0.15) is 0 Å². The van der Waals surface area contributed by atoms with Crippen LogP contribution in [0.15, 0.2) is 82.6 Å². The number of sulfonamides is 2. The number of amides is 1. The normalized spacial score (nSPS) is 18.8. The van der Waals surface area contributed by atoms with Gasteiger partial charge >= 0.3 is 0 Å². The van der Waals surface area contributed by atoms with E-state index < -0.39 is 32.5 Å². The van der Waals surface area contributed by atoms with E-state index >= 15 is 0 Å². The Kier molecular flexibility index (Phi) is 8.64. The molecule has 1 aliphatic heterocycles. The summed E-state index contributed by atoms with van der Waals surface area (Å²) >= 11 is 0. The molecule has 3 aromatic rings. The summed E-state index contributed by atoms with van der Waals surface area (Å²) in [4.78, 5) is 12.8. The van der Waals surface area contributed by atoms with E-state index in [1.165, 1.54) is 24.3 Å². The molecule has 0 spiro atoms. The Balaban J connectivity index is 1.38. The summed E-state index contributed by atoms with van der Waals surface area (Å²) in [5.41, 5.74) is 1.13. The summed E-state index contributed by atoms with van der Waals surface area (Å²) in [5, 5.41) is 2.72. The van der Waals surface area contributed by atoms with Crippen molar-refractivity contribution in [3.05, 3.63) is 78.4 Å². The largest absolute Gasteiger partial charge is 0.454 e. The lowest BCUT2D eigenvalue weighted by atomic mass is 9.87. The molecule has 0 saturated heterocycles. The smallest absolute Gasteiger partial charge is 0.243 e. The number of hydrogen-bond donors (Lipinski definition) is 2. The number of ether oxygens (including phenoxy) is 2. The molecule has 10 nitrogen and oxygen atoms in total. The maximum absolute atomic E-state index is 13.8. The Morgan fingerprint density at radius 2 is 1.56 bits per heavy atom. The number of nitrogens with zero attached hydrogens (tertiary/aromatic N) is 1. The fraction of sp³-hybridized carbons (Fsp3) is 0.345. The van der Waals surface area contributed by atoms with Crippen LogP contribution in [-0.2, 0) is 31.4 Å². The van der Waals surface area contributed by atoms with E-state index in [0.29, 0.717) is 22.7 Å². The third-order valence-electron chi connectivity index (χ3n) is 7.36. The van der Waals surface area contributed by atoms with Crippen LogP contribution in [0.1, 0.15) is 38.2 Å². The van der Waals surface area contributed by atoms with Crippen molar-refractivity contribution in [1.29, 1.82) is 0 Å². The van der Waals surface area contributed by atoms with E-state index in [9.17, 15) is 21.6 Å². The zero-order valence-electron chi connectivity index (χ0n) is 22.7. The molecule has 2 aliphatic rings. The van der Waals surface area contributed by atoms with E-state index in [1.807, 2.05) is 6.92 Å². The summed E-state index contributed by atoms with van der Waals surface area (Å²) in [6, 6.07) is 18.7. The number of rotatable bonds is 10. The van der Waals surface area contributed by atoms with Crippen molar-refractivity contribution in [3.8, 4) is 11.5 Å². The second-order valence-corrected chi connectivity index (χ2v) is 14.0. The molecule has 0 unspecified atom stereocenters. The van der Waals surface area contributed by atoms with E-state index in [4.69, 9.17) is 9.47 Å². The van der Waals surface area contributed by atoms with E-state index in [-0.39, 0.29) is 35.1 Å². The van der Waals surface area contributed by atoms with Gasteiger partial charge in [0, 0.05) is 18.3 Å². The van der Waals surface area contributed by atoms with Crippen LogP contribution in [0.25, 0.3) is 0 Å². The van der Waals surface area contributed by atoms with Crippen LogP contribution in [0, 0.1) is 5.92 Å². The van der Waals surface area contributed by atoms with Gasteiger partial charge in [-0.15, -0.1) is 0 Å². The van der Waals surface area contributed by atoms with Crippen molar-refractivity contribution in [1.82, 2.24) is 9.03 Å². The number of fused-ring (bicyclic) bond motifs is 1. The highest BCUT2D eigenvalue weighted by Gasteiger charge is 2.30. The van der Waals surface area contributed by atoms with Crippen LogP contribution in [0.3, 0.4) is 0 Å². The lowest BCUT2D eigenvalue weighted by Gasteiger charge is -2.29. The molecule has 1 amide bonds.